The SMILES string of the molecule is COc1cc(NC(=O)C(=O)NC(C)(C)COc2cccc(-c3nn[nH]n3)c2)ccc1-c1cnco1. The third-order valence-corrected chi connectivity index (χ3v) is 4.85. The average Bonchev–Trinajstić information content (AvgIpc) is 3.57. The van der Waals surface area contributed by atoms with Crippen LogP contribution < -0.4 is 20.1 Å². The molecule has 12 heteroatoms. The van der Waals surface area contributed by atoms with Gasteiger partial charge in [-0.2, -0.15) is 5.21 Å². The molecule has 12 nitrogen and oxygen atoms in total. The number of H-pyrrole nitrogens is 1. The lowest BCUT2D eigenvalue weighted by molar-refractivity contribution is -0.137. The number of aromatic nitrogens is 5. The third-order valence-electron chi connectivity index (χ3n) is 4.85. The van der Waals surface area contributed by atoms with Crippen molar-refractivity contribution in [2.45, 2.75) is 19.4 Å². The number of aromatic amines is 1. The van der Waals surface area contributed by atoms with Crippen LogP contribution in [0.15, 0.2) is 59.5 Å². The molecule has 2 aromatic carbocycles. The maximum absolute atomic E-state index is 12.5. The zero-order valence-electron chi connectivity index (χ0n) is 19.2. The second-order valence-corrected chi connectivity index (χ2v) is 8.12. The zero-order valence-corrected chi connectivity index (χ0v) is 19.2. The second kappa shape index (κ2) is 10.0. The van der Waals surface area contributed by atoms with Crippen molar-refractivity contribution in [2.75, 3.05) is 19.0 Å². The minimum Gasteiger partial charge on any atom is -0.496 e. The predicted octanol–water partition coefficient (Wildman–Crippen LogP) is 2.44. The molecule has 3 N–H and O–H groups in total. The van der Waals surface area contributed by atoms with E-state index in [1.54, 1.807) is 56.4 Å². The van der Waals surface area contributed by atoms with Gasteiger partial charge < -0.3 is 24.5 Å². The number of carbonyl (C=O) groups excluding carboxylic acids is 2. The fraction of sp³-hybridized carbons (Fsp3) is 0.217. The second-order valence-electron chi connectivity index (χ2n) is 8.12. The lowest BCUT2D eigenvalue weighted by atomic mass is 10.1. The molecule has 0 saturated carbocycles. The van der Waals surface area contributed by atoms with Crippen LogP contribution in [0.2, 0.25) is 0 Å². The number of hydrogen-bond acceptors (Lipinski definition) is 9. The monoisotopic (exact) mass is 477 g/mol. The van der Waals surface area contributed by atoms with Crippen molar-refractivity contribution < 1.29 is 23.5 Å². The van der Waals surface area contributed by atoms with Crippen LogP contribution in [0, 0.1) is 0 Å². The standard InChI is InChI=1S/C23H23N7O5/c1-23(2,12-34-16-6-4-5-14(9-16)20-27-29-30-28-20)26-22(32)21(31)25-15-7-8-17(18(10-15)33-3)19-11-24-13-35-19/h4-11,13H,12H2,1-3H3,(H,25,31)(H,26,32)(H,27,28,29,30). The molecule has 0 unspecified atom stereocenters. The van der Waals surface area contributed by atoms with E-state index in [1.165, 1.54) is 13.5 Å². The molecule has 4 rings (SSSR count). The van der Waals surface area contributed by atoms with Crippen LogP contribution in [0.5, 0.6) is 11.5 Å². The maximum atomic E-state index is 12.5. The maximum Gasteiger partial charge on any atom is 0.313 e. The Bertz CT molecular complexity index is 1300. The van der Waals surface area contributed by atoms with Crippen LogP contribution in [0.3, 0.4) is 0 Å². The first-order chi connectivity index (χ1) is 16.8. The molecule has 0 spiro atoms. The van der Waals surface area contributed by atoms with Crippen molar-refractivity contribution in [3.05, 3.63) is 55.1 Å². The molecule has 0 aliphatic heterocycles. The van der Waals surface area contributed by atoms with Gasteiger partial charge in [0.2, 0.25) is 5.82 Å². The van der Waals surface area contributed by atoms with Gasteiger partial charge in [0.1, 0.15) is 18.1 Å². The number of amides is 2. The van der Waals surface area contributed by atoms with E-state index in [-0.39, 0.29) is 6.61 Å². The van der Waals surface area contributed by atoms with Gasteiger partial charge in [0.25, 0.3) is 0 Å². The summed E-state index contributed by atoms with van der Waals surface area (Å²) < 4.78 is 16.5. The molecular weight excluding hydrogens is 454 g/mol. The Balaban J connectivity index is 1.35. The first-order valence-corrected chi connectivity index (χ1v) is 10.5. The lowest BCUT2D eigenvalue weighted by Crippen LogP contribution is -2.51. The van der Waals surface area contributed by atoms with Crippen LogP contribution in [-0.4, -0.2) is 56.7 Å². The van der Waals surface area contributed by atoms with Crippen molar-refractivity contribution in [3.8, 4) is 34.2 Å². The van der Waals surface area contributed by atoms with E-state index < -0.39 is 17.4 Å². The van der Waals surface area contributed by atoms with Crippen LogP contribution >= 0.6 is 0 Å². The van der Waals surface area contributed by atoms with Crippen LogP contribution in [0.1, 0.15) is 13.8 Å². The number of hydrogen-bond donors (Lipinski definition) is 3. The van der Waals surface area contributed by atoms with Gasteiger partial charge in [0, 0.05) is 17.3 Å². The topological polar surface area (TPSA) is 157 Å². The molecule has 0 bridgehead atoms. The van der Waals surface area contributed by atoms with Gasteiger partial charge in [0.05, 0.1) is 24.4 Å². The normalized spacial score (nSPS) is 11.1. The fourth-order valence-corrected chi connectivity index (χ4v) is 3.18. The van der Waals surface area contributed by atoms with E-state index in [9.17, 15) is 9.59 Å². The Morgan fingerprint density at radius 1 is 1.14 bits per heavy atom. The van der Waals surface area contributed by atoms with Gasteiger partial charge >= 0.3 is 11.8 Å². The van der Waals surface area contributed by atoms with Gasteiger partial charge in [-0.05, 0) is 43.3 Å². The largest absolute Gasteiger partial charge is 0.496 e. The molecule has 0 aliphatic carbocycles. The number of nitrogens with zero attached hydrogens (tertiary/aromatic N) is 4. The summed E-state index contributed by atoms with van der Waals surface area (Å²) in [5, 5.41) is 19.1. The average molecular weight is 477 g/mol. The molecule has 2 amide bonds. The smallest absolute Gasteiger partial charge is 0.313 e. The summed E-state index contributed by atoms with van der Waals surface area (Å²) in [6.45, 7) is 3.61. The van der Waals surface area contributed by atoms with Crippen molar-refractivity contribution in [1.82, 2.24) is 30.9 Å². The fourth-order valence-electron chi connectivity index (χ4n) is 3.18. The van der Waals surface area contributed by atoms with Crippen molar-refractivity contribution in [2.24, 2.45) is 0 Å². The van der Waals surface area contributed by atoms with Gasteiger partial charge in [-0.3, -0.25) is 9.59 Å². The number of oxazole rings is 1. The number of carbonyl (C=O) groups is 2. The van der Waals surface area contributed by atoms with E-state index in [4.69, 9.17) is 13.9 Å². The Morgan fingerprint density at radius 3 is 2.71 bits per heavy atom. The Hall–Kier alpha value is -4.74. The summed E-state index contributed by atoms with van der Waals surface area (Å²) in [6, 6.07) is 12.1. The lowest BCUT2D eigenvalue weighted by Gasteiger charge is -2.26. The minimum atomic E-state index is -0.843. The summed E-state index contributed by atoms with van der Waals surface area (Å²) in [4.78, 5) is 28.9. The summed E-state index contributed by atoms with van der Waals surface area (Å²) in [6.07, 6.45) is 2.86. The van der Waals surface area contributed by atoms with Crippen LogP contribution in [0.25, 0.3) is 22.7 Å². The molecule has 0 radical (unpaired) electrons. The molecule has 4 aromatic rings. The molecule has 2 aromatic heterocycles. The molecule has 2 heterocycles. The van der Waals surface area contributed by atoms with Crippen LogP contribution in [0.4, 0.5) is 5.69 Å². The number of benzene rings is 2. The Labute approximate surface area is 200 Å². The van der Waals surface area contributed by atoms with Gasteiger partial charge in [0.15, 0.2) is 12.2 Å². The highest BCUT2D eigenvalue weighted by Gasteiger charge is 2.26. The third kappa shape index (κ3) is 5.79. The molecular formula is C23H23N7O5. The number of tetrazole rings is 1. The summed E-state index contributed by atoms with van der Waals surface area (Å²) in [5.41, 5.74) is 0.929. The van der Waals surface area contributed by atoms with Crippen molar-refractivity contribution in [1.29, 1.82) is 0 Å². The molecule has 0 atom stereocenters. The molecule has 0 aliphatic rings. The quantitative estimate of drug-likeness (QED) is 0.324. The first-order valence-electron chi connectivity index (χ1n) is 10.5. The summed E-state index contributed by atoms with van der Waals surface area (Å²) in [5.74, 6) is 0.325. The van der Waals surface area contributed by atoms with Crippen molar-refractivity contribution >= 4 is 17.5 Å². The number of anilines is 1. The highest BCUT2D eigenvalue weighted by molar-refractivity contribution is 6.39. The molecule has 0 fully saturated rings. The Morgan fingerprint density at radius 2 is 2.00 bits per heavy atom. The molecule has 180 valence electrons. The zero-order chi connectivity index (χ0) is 24.8. The van der Waals surface area contributed by atoms with E-state index in [2.05, 4.69) is 36.2 Å². The van der Waals surface area contributed by atoms with E-state index in [0.29, 0.717) is 34.3 Å². The molecule has 0 saturated heterocycles. The highest BCUT2D eigenvalue weighted by Crippen LogP contribution is 2.32. The van der Waals surface area contributed by atoms with E-state index in [0.717, 1.165) is 5.56 Å². The van der Waals surface area contributed by atoms with Gasteiger partial charge in [-0.1, -0.05) is 12.1 Å². The summed E-state index contributed by atoms with van der Waals surface area (Å²) in [7, 11) is 1.49. The minimum absolute atomic E-state index is 0.113. The van der Waals surface area contributed by atoms with Gasteiger partial charge in [-0.25, -0.2) is 4.98 Å². The number of nitrogens with one attached hydrogen (secondary N) is 3. The Kier molecular flexibility index (Phi) is 6.71. The first kappa shape index (κ1) is 23.4. The van der Waals surface area contributed by atoms with E-state index in [1.807, 2.05) is 6.07 Å². The highest BCUT2D eigenvalue weighted by atomic mass is 16.5. The van der Waals surface area contributed by atoms with Crippen LogP contribution in [-0.2, 0) is 9.59 Å². The number of methoxy groups -OCH3 is 1. The molecule has 35 heavy (non-hydrogen) atoms. The number of rotatable bonds is 8. The summed E-state index contributed by atoms with van der Waals surface area (Å²) >= 11 is 0. The van der Waals surface area contributed by atoms with E-state index >= 15 is 0 Å². The van der Waals surface area contributed by atoms with Gasteiger partial charge in [-0.15, -0.1) is 10.2 Å². The number of ether oxygens (including phenoxy) is 2. The van der Waals surface area contributed by atoms with Crippen molar-refractivity contribution in [3.63, 3.8) is 0 Å². The predicted molar refractivity (Wildman–Crippen MR) is 124 cm³/mol.